The Morgan fingerprint density at radius 2 is 1.96 bits per heavy atom. The lowest BCUT2D eigenvalue weighted by Crippen LogP contribution is -2.21. The Hall–Kier alpha value is -1.88. The molecule has 1 heterocycles. The van der Waals surface area contributed by atoms with Crippen molar-refractivity contribution in [2.24, 2.45) is 0 Å². The van der Waals surface area contributed by atoms with E-state index in [1.165, 1.54) is 5.56 Å². The second-order valence-electron chi connectivity index (χ2n) is 7.85. The number of hydrogen-bond donors (Lipinski definition) is 0. The molecule has 1 aromatic heterocycles. The fraction of sp³-hybridized carbons (Fsp3) is 0.476. The van der Waals surface area contributed by atoms with Crippen molar-refractivity contribution >= 4 is 17.5 Å². The Labute approximate surface area is 160 Å². The number of allylic oxidation sites excluding steroid dienone is 1. The number of carbonyl (C=O) groups is 1. The van der Waals surface area contributed by atoms with Crippen LogP contribution in [-0.4, -0.2) is 25.8 Å². The van der Waals surface area contributed by atoms with Crippen molar-refractivity contribution in [3.63, 3.8) is 0 Å². The zero-order valence-electron chi connectivity index (χ0n) is 15.9. The van der Waals surface area contributed by atoms with E-state index in [1.807, 2.05) is 6.08 Å². The average molecular weight is 370 g/mol. The van der Waals surface area contributed by atoms with Gasteiger partial charge in [0.1, 0.15) is 5.78 Å². The normalized spacial score (nSPS) is 18.1. The summed E-state index contributed by atoms with van der Waals surface area (Å²) in [5, 5.41) is 9.62. The van der Waals surface area contributed by atoms with E-state index in [0.29, 0.717) is 18.7 Å². The number of benzene rings is 1. The second kappa shape index (κ2) is 7.78. The first kappa shape index (κ1) is 18.9. The summed E-state index contributed by atoms with van der Waals surface area (Å²) in [5.74, 6) is 1.17. The maximum absolute atomic E-state index is 12.2. The number of aromatic nitrogens is 3. The summed E-state index contributed by atoms with van der Waals surface area (Å²) in [5.41, 5.74) is 2.45. The molecule has 0 spiro atoms. The minimum absolute atomic E-state index is 0.00707. The molecule has 26 heavy (non-hydrogen) atoms. The summed E-state index contributed by atoms with van der Waals surface area (Å²) in [6.45, 7) is 11.1. The van der Waals surface area contributed by atoms with Crippen molar-refractivity contribution < 1.29 is 4.79 Å². The molecule has 138 valence electrons. The number of carbonyl (C=O) groups excluding carboxylic acids is 1. The van der Waals surface area contributed by atoms with Crippen molar-refractivity contribution in [1.29, 1.82) is 0 Å². The first-order valence-electron chi connectivity index (χ1n) is 9.24. The zero-order chi connectivity index (χ0) is 18.7. The monoisotopic (exact) mass is 369 g/mol. The summed E-state index contributed by atoms with van der Waals surface area (Å²) in [6.07, 6.45) is 5.60. The summed E-state index contributed by atoms with van der Waals surface area (Å²) >= 11 is 1.55. The van der Waals surface area contributed by atoms with E-state index < -0.39 is 0 Å². The average Bonchev–Trinajstić information content (AvgIpc) is 2.99. The number of ketones is 1. The lowest BCUT2D eigenvalue weighted by atomic mass is 9.87. The van der Waals surface area contributed by atoms with Crippen LogP contribution in [0.1, 0.15) is 52.0 Å². The maximum Gasteiger partial charge on any atom is 0.192 e. The highest BCUT2D eigenvalue weighted by atomic mass is 32.2. The van der Waals surface area contributed by atoms with Gasteiger partial charge in [-0.25, -0.2) is 0 Å². The highest BCUT2D eigenvalue weighted by Gasteiger charge is 2.26. The number of rotatable bonds is 5. The molecule has 1 aliphatic rings. The molecule has 2 aromatic rings. The van der Waals surface area contributed by atoms with Gasteiger partial charge >= 0.3 is 0 Å². The Morgan fingerprint density at radius 1 is 1.23 bits per heavy atom. The summed E-state index contributed by atoms with van der Waals surface area (Å²) in [4.78, 5) is 12.2. The Bertz CT molecular complexity index is 787. The highest BCUT2D eigenvalue weighted by molar-refractivity contribution is 8.00. The van der Waals surface area contributed by atoms with Crippen LogP contribution in [-0.2, 0) is 16.8 Å². The molecule has 1 saturated carbocycles. The van der Waals surface area contributed by atoms with Gasteiger partial charge in [-0.2, -0.15) is 0 Å². The van der Waals surface area contributed by atoms with Gasteiger partial charge in [-0.05, 0) is 23.8 Å². The molecule has 0 bridgehead atoms. The quantitative estimate of drug-likeness (QED) is 0.693. The SMILES string of the molecule is C=CCn1c(S[C@@H]2CCCCC2=O)nnc1-c1ccc(C(C)(C)C)cc1. The van der Waals surface area contributed by atoms with Crippen LogP contribution in [0, 0.1) is 0 Å². The highest BCUT2D eigenvalue weighted by Crippen LogP contribution is 2.33. The third-order valence-corrected chi connectivity index (χ3v) is 6.08. The van der Waals surface area contributed by atoms with Crippen LogP contribution in [0.2, 0.25) is 0 Å². The first-order valence-corrected chi connectivity index (χ1v) is 10.1. The lowest BCUT2D eigenvalue weighted by Gasteiger charge is -2.20. The third-order valence-electron chi connectivity index (χ3n) is 4.78. The lowest BCUT2D eigenvalue weighted by molar-refractivity contribution is -0.119. The van der Waals surface area contributed by atoms with Crippen molar-refractivity contribution in [3.05, 3.63) is 42.5 Å². The molecule has 0 saturated heterocycles. The molecular weight excluding hydrogens is 342 g/mol. The molecule has 0 radical (unpaired) electrons. The predicted molar refractivity (Wildman–Crippen MR) is 107 cm³/mol. The Morgan fingerprint density at radius 3 is 2.58 bits per heavy atom. The molecule has 1 aromatic carbocycles. The van der Waals surface area contributed by atoms with Gasteiger partial charge in [0, 0.05) is 18.5 Å². The van der Waals surface area contributed by atoms with Crippen molar-refractivity contribution in [2.75, 3.05) is 0 Å². The van der Waals surface area contributed by atoms with E-state index in [9.17, 15) is 4.79 Å². The van der Waals surface area contributed by atoms with E-state index in [4.69, 9.17) is 0 Å². The van der Waals surface area contributed by atoms with Crippen LogP contribution in [0.15, 0.2) is 42.1 Å². The molecule has 0 amide bonds. The molecule has 0 aliphatic heterocycles. The van der Waals surface area contributed by atoms with E-state index >= 15 is 0 Å². The van der Waals surface area contributed by atoms with Crippen molar-refractivity contribution in [1.82, 2.24) is 14.8 Å². The van der Waals surface area contributed by atoms with Gasteiger partial charge in [0.25, 0.3) is 0 Å². The smallest absolute Gasteiger partial charge is 0.192 e. The van der Waals surface area contributed by atoms with Gasteiger partial charge < -0.3 is 0 Å². The van der Waals surface area contributed by atoms with Crippen LogP contribution >= 0.6 is 11.8 Å². The topological polar surface area (TPSA) is 47.8 Å². The van der Waals surface area contributed by atoms with Crippen LogP contribution in [0.4, 0.5) is 0 Å². The predicted octanol–water partition coefficient (Wildman–Crippen LogP) is 5.03. The summed E-state index contributed by atoms with van der Waals surface area (Å²) in [7, 11) is 0. The first-order chi connectivity index (χ1) is 12.4. The minimum Gasteiger partial charge on any atom is -0.298 e. The van der Waals surface area contributed by atoms with Gasteiger partial charge in [0.15, 0.2) is 11.0 Å². The fourth-order valence-corrected chi connectivity index (χ4v) is 4.37. The summed E-state index contributed by atoms with van der Waals surface area (Å²) in [6, 6.07) is 8.51. The van der Waals surface area contributed by atoms with Gasteiger partial charge in [0.05, 0.1) is 5.25 Å². The van der Waals surface area contributed by atoms with Crippen LogP contribution in [0.25, 0.3) is 11.4 Å². The van der Waals surface area contributed by atoms with Gasteiger partial charge in [0.2, 0.25) is 0 Å². The number of thioether (sulfide) groups is 1. The molecule has 4 nitrogen and oxygen atoms in total. The molecule has 3 rings (SSSR count). The largest absolute Gasteiger partial charge is 0.298 e. The molecule has 1 fully saturated rings. The van der Waals surface area contributed by atoms with Crippen LogP contribution in [0.3, 0.4) is 0 Å². The van der Waals surface area contributed by atoms with Crippen molar-refractivity contribution in [2.45, 2.75) is 68.8 Å². The molecule has 0 unspecified atom stereocenters. The van der Waals surface area contributed by atoms with E-state index in [-0.39, 0.29) is 10.7 Å². The standard InChI is InChI=1S/C21H27N3OS/c1-5-14-24-19(15-10-12-16(13-11-15)21(2,3)4)22-23-20(24)26-18-9-7-6-8-17(18)25/h5,10-13,18H,1,6-9,14H2,2-4H3/t18-/m1/s1. The molecular formula is C21H27N3OS. The molecule has 0 N–H and O–H groups in total. The molecule has 1 aliphatic carbocycles. The maximum atomic E-state index is 12.2. The van der Waals surface area contributed by atoms with Crippen molar-refractivity contribution in [3.8, 4) is 11.4 Å². The Balaban J connectivity index is 1.89. The second-order valence-corrected chi connectivity index (χ2v) is 9.02. The fourth-order valence-electron chi connectivity index (χ4n) is 3.21. The summed E-state index contributed by atoms with van der Waals surface area (Å²) < 4.78 is 2.06. The third kappa shape index (κ3) is 4.09. The van der Waals surface area contributed by atoms with Gasteiger partial charge in [-0.3, -0.25) is 9.36 Å². The molecule has 5 heteroatoms. The molecule has 1 atom stereocenters. The van der Waals surface area contributed by atoms with E-state index in [2.05, 4.69) is 66.4 Å². The van der Waals surface area contributed by atoms with Gasteiger partial charge in [-0.15, -0.1) is 16.8 Å². The van der Waals surface area contributed by atoms with Crippen LogP contribution < -0.4 is 0 Å². The van der Waals surface area contributed by atoms with Crippen LogP contribution in [0.5, 0.6) is 0 Å². The number of Topliss-reactive ketones (excluding diaryl/α,β-unsaturated/α-hetero) is 1. The minimum atomic E-state index is 0.00707. The Kier molecular flexibility index (Phi) is 5.66. The van der Waals surface area contributed by atoms with E-state index in [0.717, 1.165) is 35.8 Å². The zero-order valence-corrected chi connectivity index (χ0v) is 16.7. The van der Waals surface area contributed by atoms with E-state index in [1.54, 1.807) is 11.8 Å². The van der Waals surface area contributed by atoms with Gasteiger partial charge in [-0.1, -0.05) is 69.3 Å². The number of hydrogen-bond acceptors (Lipinski definition) is 4. The number of nitrogens with zero attached hydrogens (tertiary/aromatic N) is 3.